The lowest BCUT2D eigenvalue weighted by Gasteiger charge is -2.30. The van der Waals surface area contributed by atoms with Gasteiger partial charge in [0.2, 0.25) is 5.91 Å². The van der Waals surface area contributed by atoms with Crippen molar-refractivity contribution < 1.29 is 9.90 Å². The summed E-state index contributed by atoms with van der Waals surface area (Å²) in [5, 5.41) is 12.6. The Morgan fingerprint density at radius 2 is 2.20 bits per heavy atom. The maximum Gasteiger partial charge on any atom is 0.221 e. The Bertz CT molecular complexity index is 437. The zero-order valence-electron chi connectivity index (χ0n) is 12.0. The van der Waals surface area contributed by atoms with Crippen molar-refractivity contribution in [3.8, 4) is 0 Å². The molecule has 20 heavy (non-hydrogen) atoms. The lowest BCUT2D eigenvalue weighted by molar-refractivity contribution is -0.122. The number of hydrogen-bond donors (Lipinski definition) is 2. The molecule has 1 aromatic rings. The molecule has 0 aromatic heterocycles. The number of rotatable bonds is 6. The first-order chi connectivity index (χ1) is 9.64. The van der Waals surface area contributed by atoms with Crippen LogP contribution in [0.4, 0.5) is 0 Å². The van der Waals surface area contributed by atoms with Crippen LogP contribution in [0.5, 0.6) is 0 Å². The molecular formula is C16H23NO2S. The van der Waals surface area contributed by atoms with Crippen LogP contribution in [0, 0.1) is 5.41 Å². The summed E-state index contributed by atoms with van der Waals surface area (Å²) in [7, 11) is 0. The topological polar surface area (TPSA) is 49.3 Å². The van der Waals surface area contributed by atoms with E-state index in [9.17, 15) is 9.90 Å². The van der Waals surface area contributed by atoms with Gasteiger partial charge in [0, 0.05) is 28.5 Å². The zero-order valence-corrected chi connectivity index (χ0v) is 12.8. The monoisotopic (exact) mass is 293 g/mol. The van der Waals surface area contributed by atoms with Crippen molar-refractivity contribution in [2.75, 3.05) is 12.4 Å². The first-order valence-electron chi connectivity index (χ1n) is 7.22. The zero-order chi connectivity index (χ0) is 14.4. The van der Waals surface area contributed by atoms with Crippen molar-refractivity contribution in [1.29, 1.82) is 0 Å². The number of carbonyl (C=O) groups is 1. The van der Waals surface area contributed by atoms with Crippen molar-refractivity contribution >= 4 is 17.7 Å². The maximum atomic E-state index is 12.0. The van der Waals surface area contributed by atoms with Crippen LogP contribution in [-0.2, 0) is 4.79 Å². The fraction of sp³-hybridized carbons (Fsp3) is 0.562. The third-order valence-electron chi connectivity index (χ3n) is 4.12. The predicted molar refractivity (Wildman–Crippen MR) is 82.8 cm³/mol. The summed E-state index contributed by atoms with van der Waals surface area (Å²) in [6.45, 7) is 2.21. The van der Waals surface area contributed by atoms with E-state index in [0.717, 1.165) is 25.0 Å². The van der Waals surface area contributed by atoms with Crippen LogP contribution in [0.2, 0.25) is 0 Å². The Hall–Kier alpha value is -1.00. The molecular weight excluding hydrogens is 270 g/mol. The molecule has 1 aliphatic rings. The van der Waals surface area contributed by atoms with Gasteiger partial charge in [-0.2, -0.15) is 0 Å². The maximum absolute atomic E-state index is 12.0. The Balaban J connectivity index is 1.73. The standard InChI is InChI=1S/C16H23NO2S/c1-16(12-18)10-5-8-14(16)17-15(19)9-11-20-13-6-3-2-4-7-13/h2-4,6-7,14,18H,5,8-12H2,1H3,(H,17,19). The number of benzene rings is 1. The van der Waals surface area contributed by atoms with E-state index < -0.39 is 0 Å². The second-order valence-electron chi connectivity index (χ2n) is 5.74. The fourth-order valence-electron chi connectivity index (χ4n) is 2.71. The summed E-state index contributed by atoms with van der Waals surface area (Å²) in [6.07, 6.45) is 3.58. The molecule has 1 fully saturated rings. The number of hydrogen-bond acceptors (Lipinski definition) is 3. The van der Waals surface area contributed by atoms with E-state index in [-0.39, 0.29) is 24.0 Å². The molecule has 0 radical (unpaired) electrons. The van der Waals surface area contributed by atoms with E-state index in [1.54, 1.807) is 11.8 Å². The van der Waals surface area contributed by atoms with E-state index in [4.69, 9.17) is 0 Å². The summed E-state index contributed by atoms with van der Waals surface area (Å²) in [5.41, 5.74) is -0.137. The number of carbonyl (C=O) groups excluding carboxylic acids is 1. The highest BCUT2D eigenvalue weighted by molar-refractivity contribution is 7.99. The fourth-order valence-corrected chi connectivity index (χ4v) is 3.59. The molecule has 4 heteroatoms. The SMILES string of the molecule is CC1(CO)CCCC1NC(=O)CCSc1ccccc1. The van der Waals surface area contributed by atoms with Gasteiger partial charge in [-0.3, -0.25) is 4.79 Å². The van der Waals surface area contributed by atoms with Gasteiger partial charge in [-0.25, -0.2) is 0 Å². The van der Waals surface area contributed by atoms with Crippen LogP contribution < -0.4 is 5.32 Å². The molecule has 2 rings (SSSR count). The average Bonchev–Trinajstić information content (AvgIpc) is 2.82. The van der Waals surface area contributed by atoms with Crippen LogP contribution in [0.15, 0.2) is 35.2 Å². The normalized spacial score (nSPS) is 25.6. The second kappa shape index (κ2) is 7.14. The molecule has 0 bridgehead atoms. The van der Waals surface area contributed by atoms with Crippen molar-refractivity contribution in [2.45, 2.75) is 43.5 Å². The number of thioether (sulfide) groups is 1. The average molecular weight is 293 g/mol. The van der Waals surface area contributed by atoms with Crippen molar-refractivity contribution in [2.24, 2.45) is 5.41 Å². The molecule has 1 aliphatic carbocycles. The second-order valence-corrected chi connectivity index (χ2v) is 6.90. The lowest BCUT2D eigenvalue weighted by Crippen LogP contribution is -2.44. The van der Waals surface area contributed by atoms with Gasteiger partial charge in [0.05, 0.1) is 6.61 Å². The molecule has 2 N–H and O–H groups in total. The third kappa shape index (κ3) is 4.00. The van der Waals surface area contributed by atoms with Gasteiger partial charge in [0.1, 0.15) is 0 Å². The van der Waals surface area contributed by atoms with E-state index in [1.165, 1.54) is 4.90 Å². The summed E-state index contributed by atoms with van der Waals surface area (Å²) in [5.74, 6) is 0.887. The van der Waals surface area contributed by atoms with Gasteiger partial charge in [0.15, 0.2) is 0 Å². The van der Waals surface area contributed by atoms with Crippen LogP contribution >= 0.6 is 11.8 Å². The highest BCUT2D eigenvalue weighted by Gasteiger charge is 2.38. The van der Waals surface area contributed by atoms with Crippen LogP contribution in [0.1, 0.15) is 32.6 Å². The molecule has 0 spiro atoms. The Morgan fingerprint density at radius 1 is 1.45 bits per heavy atom. The molecule has 1 amide bonds. The molecule has 1 saturated carbocycles. The van der Waals surface area contributed by atoms with Gasteiger partial charge in [-0.1, -0.05) is 31.5 Å². The molecule has 1 aromatic carbocycles. The number of amides is 1. The summed E-state index contributed by atoms with van der Waals surface area (Å²) in [4.78, 5) is 13.2. The molecule has 0 saturated heterocycles. The number of aliphatic hydroxyl groups is 1. The molecule has 0 heterocycles. The first-order valence-corrected chi connectivity index (χ1v) is 8.21. The third-order valence-corrected chi connectivity index (χ3v) is 5.13. The smallest absolute Gasteiger partial charge is 0.221 e. The first kappa shape index (κ1) is 15.4. The quantitative estimate of drug-likeness (QED) is 0.793. The molecule has 2 atom stereocenters. The molecule has 110 valence electrons. The highest BCUT2D eigenvalue weighted by atomic mass is 32.2. The van der Waals surface area contributed by atoms with Gasteiger partial charge in [-0.15, -0.1) is 11.8 Å². The summed E-state index contributed by atoms with van der Waals surface area (Å²) >= 11 is 1.70. The van der Waals surface area contributed by atoms with E-state index in [1.807, 2.05) is 18.2 Å². The van der Waals surface area contributed by atoms with Gasteiger partial charge < -0.3 is 10.4 Å². The van der Waals surface area contributed by atoms with Crippen molar-refractivity contribution in [3.63, 3.8) is 0 Å². The van der Waals surface area contributed by atoms with Crippen molar-refractivity contribution in [1.82, 2.24) is 5.32 Å². The predicted octanol–water partition coefficient (Wildman–Crippen LogP) is 2.84. The minimum absolute atomic E-state index is 0.0972. The summed E-state index contributed by atoms with van der Waals surface area (Å²) < 4.78 is 0. The molecule has 2 unspecified atom stereocenters. The molecule has 0 aliphatic heterocycles. The lowest BCUT2D eigenvalue weighted by atomic mass is 9.86. The van der Waals surface area contributed by atoms with E-state index in [2.05, 4.69) is 24.4 Å². The highest BCUT2D eigenvalue weighted by Crippen LogP contribution is 2.37. The largest absolute Gasteiger partial charge is 0.396 e. The van der Waals surface area contributed by atoms with Gasteiger partial charge >= 0.3 is 0 Å². The van der Waals surface area contributed by atoms with Crippen molar-refractivity contribution in [3.05, 3.63) is 30.3 Å². The van der Waals surface area contributed by atoms with Crippen LogP contribution in [-0.4, -0.2) is 29.4 Å². The Morgan fingerprint density at radius 3 is 2.90 bits per heavy atom. The number of aliphatic hydroxyl groups excluding tert-OH is 1. The Labute approximate surface area is 125 Å². The van der Waals surface area contributed by atoms with Crippen LogP contribution in [0.3, 0.4) is 0 Å². The number of nitrogens with one attached hydrogen (secondary N) is 1. The van der Waals surface area contributed by atoms with Gasteiger partial charge in [-0.05, 0) is 25.0 Å². The minimum Gasteiger partial charge on any atom is -0.396 e. The summed E-state index contributed by atoms with van der Waals surface area (Å²) in [6, 6.07) is 10.3. The van der Waals surface area contributed by atoms with Gasteiger partial charge in [0.25, 0.3) is 0 Å². The van der Waals surface area contributed by atoms with Crippen LogP contribution in [0.25, 0.3) is 0 Å². The van der Waals surface area contributed by atoms with E-state index >= 15 is 0 Å². The molecule has 3 nitrogen and oxygen atoms in total. The minimum atomic E-state index is -0.137. The Kier molecular flexibility index (Phi) is 5.49. The van der Waals surface area contributed by atoms with E-state index in [0.29, 0.717) is 6.42 Å².